The molecular weight excluding hydrogens is 284 g/mol. The average molecular weight is 303 g/mol. The van der Waals surface area contributed by atoms with Crippen LogP contribution in [0.15, 0.2) is 60.8 Å². The van der Waals surface area contributed by atoms with Crippen LogP contribution in [-0.2, 0) is 6.42 Å². The maximum atomic E-state index is 10.3. The van der Waals surface area contributed by atoms with Crippen molar-refractivity contribution in [2.45, 2.75) is 18.6 Å². The minimum absolute atomic E-state index is 0. The summed E-state index contributed by atoms with van der Waals surface area (Å²) in [6.07, 6.45) is 1.88. The van der Waals surface area contributed by atoms with E-state index < -0.39 is 6.10 Å². The largest absolute Gasteiger partial charge is 0.391 e. The number of nitrogens with two attached hydrogens (primary N) is 1. The second-order valence-corrected chi connectivity index (χ2v) is 5.11. The quantitative estimate of drug-likeness (QED) is 0.693. The highest BCUT2D eigenvalue weighted by Gasteiger charge is 2.17. The van der Waals surface area contributed by atoms with E-state index in [2.05, 4.69) is 4.98 Å². The molecule has 0 spiro atoms. The van der Waals surface area contributed by atoms with Gasteiger partial charge in [0.2, 0.25) is 0 Å². The van der Waals surface area contributed by atoms with E-state index in [-0.39, 0.29) is 18.4 Å². The van der Waals surface area contributed by atoms with E-state index in [4.69, 9.17) is 5.73 Å². The molecule has 0 unspecified atom stereocenters. The Balaban J connectivity index is 0.00000161. The third-order valence-corrected chi connectivity index (χ3v) is 3.66. The molecule has 0 bridgehead atoms. The molecule has 2 atom stereocenters. The van der Waals surface area contributed by atoms with Crippen molar-refractivity contribution in [2.75, 3.05) is 0 Å². The fourth-order valence-electron chi connectivity index (χ4n) is 2.48. The molecule has 4 heteroatoms. The number of rotatable bonds is 4. The van der Waals surface area contributed by atoms with Crippen molar-refractivity contribution in [3.05, 3.63) is 71.9 Å². The van der Waals surface area contributed by atoms with Crippen LogP contribution < -0.4 is 5.73 Å². The second-order valence-electron chi connectivity index (χ2n) is 5.11. The highest BCUT2D eigenvalue weighted by molar-refractivity contribution is 5.85. The molecule has 0 saturated carbocycles. The fraction of sp³-hybridized carbons (Fsp3) is 0.176. The van der Waals surface area contributed by atoms with Crippen LogP contribution in [0.3, 0.4) is 0 Å². The van der Waals surface area contributed by atoms with Crippen molar-refractivity contribution in [3.63, 3.8) is 0 Å². The monoisotopic (exact) mass is 302 g/mol. The molecule has 0 amide bonds. The van der Waals surface area contributed by atoms with E-state index in [0.29, 0.717) is 6.42 Å². The van der Waals surface area contributed by atoms with Crippen LogP contribution in [0.1, 0.15) is 17.2 Å². The van der Waals surface area contributed by atoms with Gasteiger partial charge >= 0.3 is 0 Å². The number of aliphatic hydroxyl groups excluding tert-OH is 1. The number of aromatic nitrogens is 1. The summed E-state index contributed by atoms with van der Waals surface area (Å²) in [6, 6.07) is 17.6. The van der Waals surface area contributed by atoms with Gasteiger partial charge in [0, 0.05) is 18.1 Å². The van der Waals surface area contributed by atoms with Gasteiger partial charge in [0.1, 0.15) is 0 Å². The number of halogens is 1. The van der Waals surface area contributed by atoms with Crippen LogP contribution in [0, 0.1) is 0 Å². The molecule has 0 fully saturated rings. The maximum absolute atomic E-state index is 10.3. The predicted molar refractivity (Wildman–Crippen MR) is 88.6 cm³/mol. The Morgan fingerprint density at radius 3 is 2.57 bits per heavy atom. The van der Waals surface area contributed by atoms with E-state index in [1.54, 1.807) is 0 Å². The summed E-state index contributed by atoms with van der Waals surface area (Å²) in [5.41, 5.74) is 9.32. The first-order valence-electron chi connectivity index (χ1n) is 6.78. The number of aromatic amines is 1. The first kappa shape index (κ1) is 15.6. The zero-order valence-electron chi connectivity index (χ0n) is 11.6. The first-order valence-corrected chi connectivity index (χ1v) is 6.78. The Morgan fingerprint density at radius 1 is 1.05 bits per heavy atom. The third kappa shape index (κ3) is 3.45. The van der Waals surface area contributed by atoms with Crippen molar-refractivity contribution in [2.24, 2.45) is 5.73 Å². The Labute approximate surface area is 130 Å². The molecule has 0 aliphatic carbocycles. The molecule has 1 aromatic heterocycles. The summed E-state index contributed by atoms with van der Waals surface area (Å²) in [4.78, 5) is 3.15. The van der Waals surface area contributed by atoms with E-state index in [1.807, 2.05) is 60.8 Å². The number of hydrogen-bond donors (Lipinski definition) is 3. The summed E-state index contributed by atoms with van der Waals surface area (Å²) >= 11 is 0. The molecule has 3 nitrogen and oxygen atoms in total. The van der Waals surface area contributed by atoms with Crippen LogP contribution in [-0.4, -0.2) is 16.2 Å². The molecule has 0 aliphatic rings. The van der Waals surface area contributed by atoms with Gasteiger partial charge in [-0.1, -0.05) is 36.4 Å². The Kier molecular flexibility index (Phi) is 5.02. The van der Waals surface area contributed by atoms with Crippen molar-refractivity contribution >= 4 is 23.3 Å². The zero-order chi connectivity index (χ0) is 13.9. The molecule has 3 aromatic rings. The Hall–Kier alpha value is -1.81. The molecule has 3 rings (SSSR count). The SMILES string of the molecule is Cl.N[C@H](c1ccc2[nH]ccc2c1)[C@@H](O)Cc1ccccc1. The summed E-state index contributed by atoms with van der Waals surface area (Å²) in [5, 5.41) is 11.4. The zero-order valence-corrected chi connectivity index (χ0v) is 12.4. The fourth-order valence-corrected chi connectivity index (χ4v) is 2.48. The molecular formula is C17H19ClN2O. The number of H-pyrrole nitrogens is 1. The molecule has 0 radical (unpaired) electrons. The Morgan fingerprint density at radius 2 is 1.81 bits per heavy atom. The summed E-state index contributed by atoms with van der Waals surface area (Å²) in [6.45, 7) is 0. The van der Waals surface area contributed by atoms with Gasteiger partial charge in [-0.05, 0) is 34.7 Å². The van der Waals surface area contributed by atoms with Crippen LogP contribution in [0.5, 0.6) is 0 Å². The van der Waals surface area contributed by atoms with Crippen LogP contribution >= 0.6 is 12.4 Å². The lowest BCUT2D eigenvalue weighted by Gasteiger charge is -2.19. The van der Waals surface area contributed by atoms with E-state index in [9.17, 15) is 5.11 Å². The molecule has 2 aromatic carbocycles. The van der Waals surface area contributed by atoms with E-state index in [1.165, 1.54) is 0 Å². The van der Waals surface area contributed by atoms with Gasteiger partial charge in [0.05, 0.1) is 12.1 Å². The second kappa shape index (κ2) is 6.76. The normalized spacial score (nSPS) is 13.6. The van der Waals surface area contributed by atoms with Crippen molar-refractivity contribution in [1.82, 2.24) is 4.98 Å². The minimum Gasteiger partial charge on any atom is -0.391 e. The van der Waals surface area contributed by atoms with Gasteiger partial charge in [-0.25, -0.2) is 0 Å². The average Bonchev–Trinajstić information content (AvgIpc) is 2.94. The smallest absolute Gasteiger partial charge is 0.0773 e. The van der Waals surface area contributed by atoms with Crippen LogP contribution in [0.2, 0.25) is 0 Å². The van der Waals surface area contributed by atoms with Gasteiger partial charge in [0.25, 0.3) is 0 Å². The van der Waals surface area contributed by atoms with Crippen molar-refractivity contribution in [3.8, 4) is 0 Å². The summed E-state index contributed by atoms with van der Waals surface area (Å²) in [7, 11) is 0. The maximum Gasteiger partial charge on any atom is 0.0773 e. The standard InChI is InChI=1S/C17H18N2O.ClH/c18-17(16(20)10-12-4-2-1-3-5-12)14-6-7-15-13(11-14)8-9-19-15;/h1-9,11,16-17,19-20H,10,18H2;1H/t16-,17+;/m0./s1. The molecule has 1 heterocycles. The van der Waals surface area contributed by atoms with Gasteiger partial charge in [0.15, 0.2) is 0 Å². The Bertz CT molecular complexity index is 696. The topological polar surface area (TPSA) is 62.0 Å². The molecule has 0 aliphatic heterocycles. The lowest BCUT2D eigenvalue weighted by atomic mass is 9.96. The van der Waals surface area contributed by atoms with Gasteiger partial charge in [-0.15, -0.1) is 12.4 Å². The number of benzene rings is 2. The number of fused-ring (bicyclic) bond motifs is 1. The van der Waals surface area contributed by atoms with Crippen molar-refractivity contribution in [1.29, 1.82) is 0 Å². The number of nitrogens with one attached hydrogen (secondary N) is 1. The van der Waals surface area contributed by atoms with Crippen molar-refractivity contribution < 1.29 is 5.11 Å². The molecule has 21 heavy (non-hydrogen) atoms. The molecule has 110 valence electrons. The van der Waals surface area contributed by atoms with Gasteiger partial charge in [-0.2, -0.15) is 0 Å². The number of aliphatic hydroxyl groups is 1. The lowest BCUT2D eigenvalue weighted by Crippen LogP contribution is -2.28. The third-order valence-electron chi connectivity index (χ3n) is 3.66. The lowest BCUT2D eigenvalue weighted by molar-refractivity contribution is 0.145. The predicted octanol–water partition coefficient (Wildman–Crippen LogP) is 3.19. The van der Waals surface area contributed by atoms with E-state index >= 15 is 0 Å². The van der Waals surface area contributed by atoms with Gasteiger partial charge in [-0.3, -0.25) is 0 Å². The first-order chi connectivity index (χ1) is 9.74. The molecule has 4 N–H and O–H groups in total. The van der Waals surface area contributed by atoms with Gasteiger partial charge < -0.3 is 15.8 Å². The highest BCUT2D eigenvalue weighted by Crippen LogP contribution is 2.22. The highest BCUT2D eigenvalue weighted by atomic mass is 35.5. The minimum atomic E-state index is -0.589. The number of hydrogen-bond acceptors (Lipinski definition) is 2. The summed E-state index contributed by atoms with van der Waals surface area (Å²) in [5.74, 6) is 0. The molecule has 0 saturated heterocycles. The van der Waals surface area contributed by atoms with Crippen LogP contribution in [0.4, 0.5) is 0 Å². The van der Waals surface area contributed by atoms with E-state index in [0.717, 1.165) is 22.0 Å². The summed E-state index contributed by atoms with van der Waals surface area (Å²) < 4.78 is 0. The van der Waals surface area contributed by atoms with Crippen LogP contribution in [0.25, 0.3) is 10.9 Å².